The molecule has 1 saturated heterocycles. The van der Waals surface area contributed by atoms with E-state index in [9.17, 15) is 17.6 Å². The standard InChI is InChI=1S/C22H14F5N7O/c23-13-5-11(35-20-17(26)14(24)6-15(25)18(20)27)1-2-12(13)19-16-21(29)30-9-31-22(16)34(32-19)10-3-4-33(7-10)8-28/h1-2,5-6,9-10H,3-4,7H2,(H2,29,30,31)/t10-/m1/s1. The van der Waals surface area contributed by atoms with Gasteiger partial charge in [-0.1, -0.05) is 0 Å². The molecule has 2 aromatic heterocycles. The van der Waals surface area contributed by atoms with Crippen molar-refractivity contribution in [1.82, 2.24) is 24.6 Å². The molecule has 0 unspecified atom stereocenters. The molecule has 2 N–H and O–H groups in total. The number of hydrogen-bond donors (Lipinski definition) is 1. The van der Waals surface area contributed by atoms with Crippen LogP contribution in [0.4, 0.5) is 27.8 Å². The van der Waals surface area contributed by atoms with Gasteiger partial charge in [0.25, 0.3) is 0 Å². The van der Waals surface area contributed by atoms with Gasteiger partial charge in [0.2, 0.25) is 17.4 Å². The number of nitrogens with two attached hydrogens (primary N) is 1. The molecule has 0 aliphatic carbocycles. The van der Waals surface area contributed by atoms with Crippen LogP contribution in [0.2, 0.25) is 0 Å². The Hall–Kier alpha value is -4.47. The Morgan fingerprint density at radius 3 is 2.43 bits per heavy atom. The van der Waals surface area contributed by atoms with E-state index in [1.165, 1.54) is 12.4 Å². The second kappa shape index (κ2) is 8.39. The molecule has 1 fully saturated rings. The van der Waals surface area contributed by atoms with E-state index in [1.807, 2.05) is 0 Å². The van der Waals surface area contributed by atoms with Gasteiger partial charge in [-0.2, -0.15) is 19.1 Å². The molecule has 35 heavy (non-hydrogen) atoms. The van der Waals surface area contributed by atoms with Gasteiger partial charge < -0.3 is 15.4 Å². The molecule has 5 rings (SSSR count). The van der Waals surface area contributed by atoms with Crippen LogP contribution in [0.5, 0.6) is 11.5 Å². The van der Waals surface area contributed by atoms with Crippen molar-refractivity contribution in [1.29, 1.82) is 5.26 Å². The highest BCUT2D eigenvalue weighted by atomic mass is 19.2. The largest absolute Gasteiger partial charge is 0.451 e. The molecule has 0 amide bonds. The summed E-state index contributed by atoms with van der Waals surface area (Å²) < 4.78 is 76.4. The summed E-state index contributed by atoms with van der Waals surface area (Å²) >= 11 is 0. The zero-order valence-corrected chi connectivity index (χ0v) is 17.6. The predicted octanol–water partition coefficient (Wildman–Crippen LogP) is 4.29. The van der Waals surface area contributed by atoms with Gasteiger partial charge in [0.05, 0.1) is 18.0 Å². The third kappa shape index (κ3) is 3.72. The molecule has 8 nitrogen and oxygen atoms in total. The predicted molar refractivity (Wildman–Crippen MR) is 112 cm³/mol. The first-order valence-electron chi connectivity index (χ1n) is 10.2. The lowest BCUT2D eigenvalue weighted by atomic mass is 10.1. The van der Waals surface area contributed by atoms with E-state index >= 15 is 4.39 Å². The van der Waals surface area contributed by atoms with Gasteiger partial charge >= 0.3 is 0 Å². The zero-order valence-electron chi connectivity index (χ0n) is 17.6. The van der Waals surface area contributed by atoms with Crippen molar-refractivity contribution in [3.8, 4) is 28.9 Å². The molecule has 0 spiro atoms. The number of nitriles is 1. The lowest BCUT2D eigenvalue weighted by Crippen LogP contribution is -2.17. The molecular weight excluding hydrogens is 473 g/mol. The normalized spacial score (nSPS) is 15.5. The Morgan fingerprint density at radius 1 is 1.03 bits per heavy atom. The Labute approximate surface area is 194 Å². The molecule has 13 heteroatoms. The minimum Gasteiger partial charge on any atom is -0.451 e. The van der Waals surface area contributed by atoms with Gasteiger partial charge in [0.1, 0.15) is 29.4 Å². The van der Waals surface area contributed by atoms with Crippen molar-refractivity contribution in [2.75, 3.05) is 18.8 Å². The van der Waals surface area contributed by atoms with Crippen LogP contribution in [0.3, 0.4) is 0 Å². The number of nitrogens with zero attached hydrogens (tertiary/aromatic N) is 6. The van der Waals surface area contributed by atoms with Gasteiger partial charge in [-0.15, -0.1) is 0 Å². The van der Waals surface area contributed by atoms with Gasteiger partial charge in [0, 0.05) is 24.2 Å². The van der Waals surface area contributed by atoms with E-state index in [0.29, 0.717) is 25.2 Å². The summed E-state index contributed by atoms with van der Waals surface area (Å²) in [6, 6.07) is 2.96. The fraction of sp³-hybridized carbons (Fsp3) is 0.182. The first-order valence-corrected chi connectivity index (χ1v) is 10.2. The Balaban J connectivity index is 1.56. The van der Waals surface area contributed by atoms with Crippen LogP contribution < -0.4 is 10.5 Å². The lowest BCUT2D eigenvalue weighted by molar-refractivity contribution is 0.365. The van der Waals surface area contributed by atoms with Crippen LogP contribution in [-0.4, -0.2) is 37.7 Å². The summed E-state index contributed by atoms with van der Waals surface area (Å²) in [7, 11) is 0. The van der Waals surface area contributed by atoms with Gasteiger partial charge in [-0.25, -0.2) is 27.8 Å². The van der Waals surface area contributed by atoms with E-state index in [0.717, 1.165) is 12.1 Å². The number of fused-ring (bicyclic) bond motifs is 1. The minimum absolute atomic E-state index is 0.0370. The van der Waals surface area contributed by atoms with Crippen LogP contribution in [0, 0.1) is 40.5 Å². The minimum atomic E-state index is -1.76. The van der Waals surface area contributed by atoms with Gasteiger partial charge in [0.15, 0.2) is 23.5 Å². The van der Waals surface area contributed by atoms with Crippen molar-refractivity contribution >= 4 is 16.9 Å². The average Bonchev–Trinajstić information content (AvgIpc) is 3.46. The molecule has 1 aliphatic rings. The SMILES string of the molecule is N#CN1CC[C@@H](n2nc(-c3ccc(Oc4c(F)c(F)cc(F)c4F)cc3F)c3c(N)ncnc32)C1. The van der Waals surface area contributed by atoms with Crippen molar-refractivity contribution in [2.45, 2.75) is 12.5 Å². The Morgan fingerprint density at radius 2 is 1.77 bits per heavy atom. The molecule has 2 aromatic carbocycles. The average molecular weight is 487 g/mol. The molecule has 3 heterocycles. The number of ether oxygens (including phenoxy) is 1. The van der Waals surface area contributed by atoms with Crippen molar-refractivity contribution in [3.63, 3.8) is 0 Å². The molecule has 0 saturated carbocycles. The molecule has 1 atom stereocenters. The Kier molecular flexibility index (Phi) is 5.35. The molecule has 1 aliphatic heterocycles. The third-order valence-corrected chi connectivity index (χ3v) is 5.66. The molecule has 0 bridgehead atoms. The number of likely N-dealkylation sites (tertiary alicyclic amines) is 1. The fourth-order valence-electron chi connectivity index (χ4n) is 3.98. The monoisotopic (exact) mass is 487 g/mol. The number of anilines is 1. The summed E-state index contributed by atoms with van der Waals surface area (Å²) in [5, 5.41) is 13.9. The molecular formula is C22H14F5N7O. The van der Waals surface area contributed by atoms with Crippen molar-refractivity contribution in [3.05, 3.63) is 59.7 Å². The molecule has 4 aromatic rings. The third-order valence-electron chi connectivity index (χ3n) is 5.66. The van der Waals surface area contributed by atoms with Crippen LogP contribution in [0.1, 0.15) is 12.5 Å². The zero-order chi connectivity index (χ0) is 24.9. The van der Waals surface area contributed by atoms with Crippen LogP contribution in [0.25, 0.3) is 22.3 Å². The van der Waals surface area contributed by atoms with Gasteiger partial charge in [-0.05, 0) is 18.6 Å². The van der Waals surface area contributed by atoms with E-state index in [1.54, 1.807) is 9.58 Å². The topological polar surface area (TPSA) is 106 Å². The smallest absolute Gasteiger partial charge is 0.204 e. The lowest BCUT2D eigenvalue weighted by Gasteiger charge is -2.11. The van der Waals surface area contributed by atoms with Crippen LogP contribution >= 0.6 is 0 Å². The van der Waals surface area contributed by atoms with Crippen LogP contribution in [-0.2, 0) is 0 Å². The number of rotatable bonds is 4. The summed E-state index contributed by atoms with van der Waals surface area (Å²) in [4.78, 5) is 9.74. The summed E-state index contributed by atoms with van der Waals surface area (Å²) in [6.07, 6.45) is 3.91. The number of aromatic nitrogens is 4. The van der Waals surface area contributed by atoms with Crippen molar-refractivity contribution < 1.29 is 26.7 Å². The highest BCUT2D eigenvalue weighted by Gasteiger charge is 2.29. The number of benzene rings is 2. The summed E-state index contributed by atoms with van der Waals surface area (Å²) in [6.45, 7) is 0.903. The Bertz CT molecular complexity index is 1490. The highest BCUT2D eigenvalue weighted by molar-refractivity contribution is 5.98. The van der Waals surface area contributed by atoms with E-state index < -0.39 is 40.6 Å². The van der Waals surface area contributed by atoms with Gasteiger partial charge in [-0.3, -0.25) is 0 Å². The maximum Gasteiger partial charge on any atom is 0.204 e. The van der Waals surface area contributed by atoms with E-state index in [4.69, 9.17) is 15.7 Å². The second-order valence-corrected chi connectivity index (χ2v) is 7.78. The second-order valence-electron chi connectivity index (χ2n) is 7.78. The van der Waals surface area contributed by atoms with Crippen LogP contribution in [0.15, 0.2) is 30.6 Å². The highest BCUT2D eigenvalue weighted by Crippen LogP contribution is 2.37. The number of nitrogen functional groups attached to an aromatic ring is 1. The maximum absolute atomic E-state index is 15.2. The first kappa shape index (κ1) is 22.3. The molecule has 0 radical (unpaired) electrons. The van der Waals surface area contributed by atoms with Crippen molar-refractivity contribution in [2.24, 2.45) is 0 Å². The summed E-state index contributed by atoms with van der Waals surface area (Å²) in [5.41, 5.74) is 6.43. The summed E-state index contributed by atoms with van der Waals surface area (Å²) in [5.74, 6) is -9.47. The number of hydrogen-bond acceptors (Lipinski definition) is 7. The van der Waals surface area contributed by atoms with E-state index in [2.05, 4.69) is 21.3 Å². The quantitative estimate of drug-likeness (QED) is 0.260. The van der Waals surface area contributed by atoms with E-state index in [-0.39, 0.29) is 34.6 Å². The fourth-order valence-corrected chi connectivity index (χ4v) is 3.98. The maximum atomic E-state index is 15.2. The number of halogens is 5. The first-order chi connectivity index (χ1) is 16.8. The molecule has 178 valence electrons.